The Morgan fingerprint density at radius 1 is 1.32 bits per heavy atom. The van der Waals surface area contributed by atoms with Crippen LogP contribution >= 0.6 is 0 Å². The second-order valence-electron chi connectivity index (χ2n) is 9.38. The minimum Gasteiger partial charge on any atom is -0.348 e. The smallest absolute Gasteiger partial charge is 0.267 e. The van der Waals surface area contributed by atoms with Crippen LogP contribution in [-0.4, -0.2) is 29.2 Å². The summed E-state index contributed by atoms with van der Waals surface area (Å²) in [5.41, 5.74) is 2.16. The Hall–Kier alpha value is -2.35. The van der Waals surface area contributed by atoms with E-state index in [1.165, 1.54) is 12.8 Å². The van der Waals surface area contributed by atoms with Gasteiger partial charge in [-0.05, 0) is 41.6 Å². The monoisotopic (exact) mass is 378 g/mol. The fourth-order valence-corrected chi connectivity index (χ4v) is 5.69. The number of fused-ring (bicyclic) bond motifs is 2. The molecule has 2 aliphatic carbocycles. The van der Waals surface area contributed by atoms with Crippen LogP contribution in [-0.2, 0) is 4.79 Å². The van der Waals surface area contributed by atoms with Gasteiger partial charge in [-0.3, -0.25) is 9.80 Å². The van der Waals surface area contributed by atoms with Crippen molar-refractivity contribution < 1.29 is 4.79 Å². The molecule has 0 aromatic heterocycles. The summed E-state index contributed by atoms with van der Waals surface area (Å²) >= 11 is 0. The first-order chi connectivity index (χ1) is 13.4. The maximum Gasteiger partial charge on any atom is 0.267 e. The molecule has 4 rings (SSSR count). The molecule has 1 aromatic carbocycles. The number of hydrazone groups is 1. The Morgan fingerprint density at radius 3 is 2.68 bits per heavy atom. The molecule has 1 amide bonds. The topological polar surface area (TPSA) is 68.5 Å². The molecule has 0 radical (unpaired) electrons. The van der Waals surface area contributed by atoms with E-state index >= 15 is 0 Å². The lowest BCUT2D eigenvalue weighted by atomic mass is 9.69. The Labute approximate surface area is 167 Å². The van der Waals surface area contributed by atoms with Gasteiger partial charge >= 0.3 is 0 Å². The van der Waals surface area contributed by atoms with Gasteiger partial charge in [0, 0.05) is 19.0 Å². The van der Waals surface area contributed by atoms with Crippen LogP contribution in [0.15, 0.2) is 35.4 Å². The normalized spacial score (nSPS) is 32.9. The molecule has 5 heteroatoms. The Balaban J connectivity index is 1.49. The number of rotatable bonds is 5. The van der Waals surface area contributed by atoms with E-state index in [0.29, 0.717) is 31.0 Å². The van der Waals surface area contributed by atoms with Gasteiger partial charge in [0.05, 0.1) is 18.5 Å². The molecule has 1 unspecified atom stereocenters. The summed E-state index contributed by atoms with van der Waals surface area (Å²) in [4.78, 5) is 13.1. The van der Waals surface area contributed by atoms with Crippen LogP contribution in [0.25, 0.3) is 0 Å². The highest BCUT2D eigenvalue weighted by atomic mass is 16.2. The van der Waals surface area contributed by atoms with Crippen molar-refractivity contribution in [2.75, 3.05) is 6.54 Å². The van der Waals surface area contributed by atoms with Gasteiger partial charge in [0.2, 0.25) is 0 Å². The van der Waals surface area contributed by atoms with Crippen molar-refractivity contribution in [2.24, 2.45) is 21.8 Å². The summed E-state index contributed by atoms with van der Waals surface area (Å²) in [5, 5.41) is 18.9. The van der Waals surface area contributed by atoms with E-state index in [9.17, 15) is 4.79 Å². The molecule has 5 nitrogen and oxygen atoms in total. The number of amides is 1. The van der Waals surface area contributed by atoms with Crippen LogP contribution in [0.5, 0.6) is 0 Å². The van der Waals surface area contributed by atoms with Crippen LogP contribution in [0.1, 0.15) is 64.5 Å². The standard InChI is InChI=1S/C23H30N4O/c1-22(2)17-10-11-23(22,3)20(14-17)25-21(28)18-15-19(16-8-5-4-6-9-16)27(26-18)13-7-12-24/h4-6,8-9,17,19-20H,7,10-11,13-15H2,1-3H3,(H,25,28)/t17-,19?,20-,23-/m0/s1. The molecule has 1 heterocycles. The molecule has 4 atom stereocenters. The number of benzene rings is 1. The molecule has 0 saturated heterocycles. The van der Waals surface area contributed by atoms with Crippen LogP contribution < -0.4 is 5.32 Å². The zero-order chi connectivity index (χ0) is 19.9. The lowest BCUT2D eigenvalue weighted by molar-refractivity contribution is -0.116. The average molecular weight is 379 g/mol. The largest absolute Gasteiger partial charge is 0.348 e. The Bertz CT molecular complexity index is 825. The third-order valence-corrected chi connectivity index (χ3v) is 7.99. The van der Waals surface area contributed by atoms with Crippen molar-refractivity contribution in [1.82, 2.24) is 10.3 Å². The third kappa shape index (κ3) is 2.90. The first-order valence-corrected chi connectivity index (χ1v) is 10.4. The Morgan fingerprint density at radius 2 is 2.07 bits per heavy atom. The Kier molecular flexibility index (Phi) is 4.69. The predicted octanol–water partition coefficient (Wildman–Crippen LogP) is 4.03. The van der Waals surface area contributed by atoms with Gasteiger partial charge in [-0.2, -0.15) is 10.4 Å². The molecule has 1 N–H and O–H groups in total. The van der Waals surface area contributed by atoms with E-state index in [4.69, 9.17) is 5.26 Å². The highest BCUT2D eigenvalue weighted by Gasteiger charge is 2.61. The summed E-state index contributed by atoms with van der Waals surface area (Å²) in [5.74, 6) is 0.660. The first kappa shape index (κ1) is 19.0. The highest BCUT2D eigenvalue weighted by Crippen LogP contribution is 2.65. The lowest BCUT2D eigenvalue weighted by Crippen LogP contribution is -2.48. The number of carbonyl (C=O) groups is 1. The van der Waals surface area contributed by atoms with Gasteiger partial charge < -0.3 is 5.32 Å². The number of nitrogens with one attached hydrogen (secondary N) is 1. The number of nitrogens with zero attached hydrogens (tertiary/aromatic N) is 3. The number of carbonyl (C=O) groups excluding carboxylic acids is 1. The number of hydrogen-bond acceptors (Lipinski definition) is 4. The number of nitriles is 1. The van der Waals surface area contributed by atoms with Crippen molar-refractivity contribution in [3.8, 4) is 6.07 Å². The zero-order valence-corrected chi connectivity index (χ0v) is 17.1. The van der Waals surface area contributed by atoms with Crippen molar-refractivity contribution in [3.05, 3.63) is 35.9 Å². The minimum absolute atomic E-state index is 0.0300. The van der Waals surface area contributed by atoms with E-state index in [0.717, 1.165) is 12.0 Å². The van der Waals surface area contributed by atoms with Gasteiger partial charge in [0.1, 0.15) is 5.71 Å². The van der Waals surface area contributed by atoms with Crippen molar-refractivity contribution in [2.45, 2.75) is 65.0 Å². The second kappa shape index (κ2) is 6.92. The van der Waals surface area contributed by atoms with E-state index in [2.05, 4.69) is 49.4 Å². The molecule has 2 bridgehead atoms. The van der Waals surface area contributed by atoms with Crippen molar-refractivity contribution in [3.63, 3.8) is 0 Å². The van der Waals surface area contributed by atoms with Gasteiger partial charge in [-0.25, -0.2) is 0 Å². The van der Waals surface area contributed by atoms with E-state index in [-0.39, 0.29) is 28.8 Å². The number of hydrogen-bond donors (Lipinski definition) is 1. The summed E-state index contributed by atoms with van der Waals surface area (Å²) < 4.78 is 0. The van der Waals surface area contributed by atoms with Gasteiger partial charge in [-0.1, -0.05) is 51.1 Å². The van der Waals surface area contributed by atoms with E-state index in [1.54, 1.807) is 0 Å². The molecule has 148 valence electrons. The first-order valence-electron chi connectivity index (χ1n) is 10.4. The van der Waals surface area contributed by atoms with Crippen LogP contribution in [0.2, 0.25) is 0 Å². The highest BCUT2D eigenvalue weighted by molar-refractivity contribution is 6.39. The quantitative estimate of drug-likeness (QED) is 0.841. The summed E-state index contributed by atoms with van der Waals surface area (Å²) in [6.45, 7) is 7.61. The van der Waals surface area contributed by atoms with Crippen LogP contribution in [0.4, 0.5) is 0 Å². The van der Waals surface area contributed by atoms with Crippen LogP contribution in [0, 0.1) is 28.1 Å². The van der Waals surface area contributed by atoms with E-state index in [1.807, 2.05) is 23.2 Å². The summed E-state index contributed by atoms with van der Waals surface area (Å²) in [6.07, 6.45) is 4.52. The molecule has 1 aromatic rings. The SMILES string of the molecule is CC1(C)[C@H]2CC[C@@]1(C)[C@@H](NC(=O)C1=NN(CCC#N)C(c3ccccc3)C1)C2. The molecule has 1 aliphatic heterocycles. The van der Waals surface area contributed by atoms with Gasteiger partial charge in [0.15, 0.2) is 0 Å². The molecule has 28 heavy (non-hydrogen) atoms. The zero-order valence-electron chi connectivity index (χ0n) is 17.1. The third-order valence-electron chi connectivity index (χ3n) is 7.99. The predicted molar refractivity (Wildman–Crippen MR) is 109 cm³/mol. The summed E-state index contributed by atoms with van der Waals surface area (Å²) in [6, 6.07) is 12.6. The molecular weight excluding hydrogens is 348 g/mol. The van der Waals surface area contributed by atoms with Gasteiger partial charge in [0.25, 0.3) is 5.91 Å². The van der Waals surface area contributed by atoms with Crippen molar-refractivity contribution >= 4 is 11.6 Å². The minimum atomic E-state index is -0.0324. The fraction of sp³-hybridized carbons (Fsp3) is 0.609. The molecule has 0 spiro atoms. The van der Waals surface area contributed by atoms with Gasteiger partial charge in [-0.15, -0.1) is 0 Å². The van der Waals surface area contributed by atoms with Crippen molar-refractivity contribution in [1.29, 1.82) is 5.26 Å². The van der Waals surface area contributed by atoms with E-state index < -0.39 is 0 Å². The molecule has 3 aliphatic rings. The molecule has 2 fully saturated rings. The van der Waals surface area contributed by atoms with Crippen LogP contribution in [0.3, 0.4) is 0 Å². The summed E-state index contributed by atoms with van der Waals surface area (Å²) in [7, 11) is 0. The molecular formula is C23H30N4O. The lowest BCUT2D eigenvalue weighted by Gasteiger charge is -2.39. The molecule has 2 saturated carbocycles. The second-order valence-corrected chi connectivity index (χ2v) is 9.38. The average Bonchev–Trinajstić information content (AvgIpc) is 3.27. The fourth-order valence-electron chi connectivity index (χ4n) is 5.69. The maximum absolute atomic E-state index is 13.1. The maximum atomic E-state index is 13.1.